The molecule has 10 heteroatoms. The minimum Gasteiger partial charge on any atom is -0.416 e. The van der Waals surface area contributed by atoms with Crippen LogP contribution in [0.1, 0.15) is 0 Å². The van der Waals surface area contributed by atoms with E-state index in [2.05, 4.69) is 11.7 Å². The Labute approximate surface area is 136 Å². The molecule has 0 spiro atoms. The summed E-state index contributed by atoms with van der Waals surface area (Å²) in [5.74, 6) is 0.316. The molecule has 2 aromatic carbocycles. The lowest BCUT2D eigenvalue weighted by molar-refractivity contribution is 0.279. The van der Waals surface area contributed by atoms with E-state index in [1.54, 1.807) is 36.4 Å². The second-order valence-corrected chi connectivity index (χ2v) is 10.2. The largest absolute Gasteiger partial charge is 0.536 e. The topological polar surface area (TPSA) is 82.1 Å². The number of thiol groups is 1. The first-order valence-electron chi connectivity index (χ1n) is 5.89. The Morgan fingerprint density at radius 1 is 0.864 bits per heavy atom. The molecule has 0 radical (unpaired) electrons. The number of benzene rings is 2. The van der Waals surface area contributed by atoms with E-state index in [-0.39, 0.29) is 11.5 Å². The van der Waals surface area contributed by atoms with E-state index in [4.69, 9.17) is 13.4 Å². The van der Waals surface area contributed by atoms with Crippen LogP contribution in [0.5, 0.6) is 11.5 Å². The zero-order valence-electron chi connectivity index (χ0n) is 11.0. The van der Waals surface area contributed by atoms with Crippen LogP contribution in [0, 0.1) is 0 Å². The third-order valence-electron chi connectivity index (χ3n) is 2.23. The molecule has 6 nitrogen and oxygen atoms in total. The van der Waals surface area contributed by atoms with Crippen LogP contribution in [0.4, 0.5) is 0 Å². The summed E-state index contributed by atoms with van der Waals surface area (Å²) in [4.78, 5) is 9.72. The Bertz CT molecular complexity index is 697. The van der Waals surface area contributed by atoms with Crippen LogP contribution in [-0.4, -0.2) is 4.89 Å². The van der Waals surface area contributed by atoms with Gasteiger partial charge in [-0.05, 0) is 24.3 Å². The van der Waals surface area contributed by atoms with Crippen LogP contribution >= 0.6 is 36.7 Å². The van der Waals surface area contributed by atoms with Crippen LogP contribution in [-0.2, 0) is 13.4 Å². The molecule has 0 aliphatic rings. The van der Waals surface area contributed by atoms with Crippen LogP contribution in [0.2, 0.25) is 0 Å². The lowest BCUT2D eigenvalue weighted by atomic mass is 10.3. The first kappa shape index (κ1) is 17.5. The van der Waals surface area contributed by atoms with Gasteiger partial charge in [0.15, 0.2) is 0 Å². The highest BCUT2D eigenvalue weighted by molar-refractivity contribution is 8.93. The first-order chi connectivity index (χ1) is 10.4. The van der Waals surface area contributed by atoms with Gasteiger partial charge >= 0.3 is 14.6 Å². The standard InChI is InChI=1S/C12H12O6P2S2/c13-19(14,16-11-7-3-1-4-8-11)18-20(15,22-21)17-12-9-5-2-6-10-12/h1-10,21H,(H,13,14). The zero-order valence-corrected chi connectivity index (χ0v) is 14.5. The smallest absolute Gasteiger partial charge is 0.416 e. The lowest BCUT2D eigenvalue weighted by Crippen LogP contribution is -1.98. The highest BCUT2D eigenvalue weighted by Gasteiger charge is 2.39. The molecule has 0 saturated heterocycles. The number of rotatable bonds is 7. The van der Waals surface area contributed by atoms with Gasteiger partial charge in [-0.2, -0.15) is 4.31 Å². The molecule has 22 heavy (non-hydrogen) atoms. The van der Waals surface area contributed by atoms with E-state index >= 15 is 0 Å². The van der Waals surface area contributed by atoms with Crippen LogP contribution in [0.15, 0.2) is 60.7 Å². The summed E-state index contributed by atoms with van der Waals surface area (Å²) in [7, 11) is -4.25. The van der Waals surface area contributed by atoms with Crippen molar-refractivity contribution in [2.24, 2.45) is 0 Å². The minimum atomic E-state index is -4.65. The number of phosphoric ester groups is 1. The van der Waals surface area contributed by atoms with Gasteiger partial charge in [-0.15, -0.1) is 0 Å². The summed E-state index contributed by atoms with van der Waals surface area (Å²) in [6.07, 6.45) is 0. The predicted molar refractivity (Wildman–Crippen MR) is 89.2 cm³/mol. The molecule has 2 atom stereocenters. The van der Waals surface area contributed by atoms with Gasteiger partial charge in [0, 0.05) is 10.4 Å². The monoisotopic (exact) mass is 378 g/mol. The molecule has 0 aromatic heterocycles. The average molecular weight is 378 g/mol. The summed E-state index contributed by atoms with van der Waals surface area (Å²) in [6, 6.07) is 16.0. The van der Waals surface area contributed by atoms with E-state index < -0.39 is 14.6 Å². The zero-order chi connectivity index (χ0) is 16.1. The molecule has 0 fully saturated rings. The molecule has 0 bridgehead atoms. The Balaban J connectivity index is 2.11. The van der Waals surface area contributed by atoms with E-state index in [9.17, 15) is 14.0 Å². The lowest BCUT2D eigenvalue weighted by Gasteiger charge is -2.19. The summed E-state index contributed by atoms with van der Waals surface area (Å²) < 4.78 is 39.0. The normalized spacial score (nSPS) is 16.3. The van der Waals surface area contributed by atoms with Crippen molar-refractivity contribution < 1.29 is 27.4 Å². The molecule has 2 unspecified atom stereocenters. The molecule has 0 aliphatic carbocycles. The molecule has 1 N–H and O–H groups in total. The van der Waals surface area contributed by atoms with Crippen molar-refractivity contribution in [3.05, 3.63) is 60.7 Å². The van der Waals surface area contributed by atoms with Gasteiger partial charge in [0.05, 0.1) is 0 Å². The highest BCUT2D eigenvalue weighted by Crippen LogP contribution is 2.70. The summed E-state index contributed by atoms with van der Waals surface area (Å²) in [5, 5.41) is 0. The third-order valence-corrected chi connectivity index (χ3v) is 8.15. The molecule has 118 valence electrons. The number of phosphoric acid groups is 1. The molecule has 2 aromatic rings. The van der Waals surface area contributed by atoms with Crippen LogP contribution in [0.3, 0.4) is 0 Å². The van der Waals surface area contributed by atoms with Crippen molar-refractivity contribution >= 4 is 36.7 Å². The van der Waals surface area contributed by atoms with Gasteiger partial charge in [-0.3, -0.25) is 4.89 Å². The predicted octanol–water partition coefficient (Wildman–Crippen LogP) is 4.95. The molecule has 0 heterocycles. The maximum Gasteiger partial charge on any atom is 0.536 e. The van der Waals surface area contributed by atoms with Crippen molar-refractivity contribution in [2.45, 2.75) is 0 Å². The number of hydrogen-bond donors (Lipinski definition) is 2. The fraction of sp³-hybridized carbons (Fsp3) is 0. The second-order valence-electron chi connectivity index (χ2n) is 3.89. The maximum absolute atomic E-state index is 12.4. The number of para-hydroxylation sites is 2. The van der Waals surface area contributed by atoms with Gasteiger partial charge < -0.3 is 9.05 Å². The molecular weight excluding hydrogens is 366 g/mol. The van der Waals surface area contributed by atoms with Gasteiger partial charge in [0.1, 0.15) is 11.5 Å². The van der Waals surface area contributed by atoms with Gasteiger partial charge in [-0.1, -0.05) is 48.1 Å². The van der Waals surface area contributed by atoms with E-state index in [1.165, 1.54) is 24.3 Å². The fourth-order valence-electron chi connectivity index (χ4n) is 1.42. The van der Waals surface area contributed by atoms with Gasteiger partial charge in [0.2, 0.25) is 0 Å². The Morgan fingerprint density at radius 2 is 1.32 bits per heavy atom. The van der Waals surface area contributed by atoms with Crippen LogP contribution < -0.4 is 9.05 Å². The average Bonchev–Trinajstić information content (AvgIpc) is 2.48. The van der Waals surface area contributed by atoms with E-state index in [0.717, 1.165) is 0 Å². The molecule has 2 rings (SSSR count). The molecule has 0 amide bonds. The highest BCUT2D eigenvalue weighted by atomic mass is 33.3. The summed E-state index contributed by atoms with van der Waals surface area (Å²) in [6.45, 7) is -4.04. The second kappa shape index (κ2) is 7.59. The van der Waals surface area contributed by atoms with E-state index in [0.29, 0.717) is 10.4 Å². The number of hydrogen-bond acceptors (Lipinski definition) is 7. The van der Waals surface area contributed by atoms with Crippen molar-refractivity contribution in [2.75, 3.05) is 0 Å². The SMILES string of the molecule is O=P(O)(Oc1ccccc1)OP(=O)(Oc1ccccc1)SS. The summed E-state index contributed by atoms with van der Waals surface area (Å²) in [5.41, 5.74) is 0. The Kier molecular flexibility index (Phi) is 6.03. The maximum atomic E-state index is 12.4. The quantitative estimate of drug-likeness (QED) is 0.401. The fourth-order valence-corrected chi connectivity index (χ4v) is 6.10. The third kappa shape index (κ3) is 5.39. The first-order valence-corrected chi connectivity index (χ1v) is 11.4. The molecular formula is C12H12O6P2S2. The van der Waals surface area contributed by atoms with Crippen molar-refractivity contribution in [1.82, 2.24) is 0 Å². The van der Waals surface area contributed by atoms with E-state index in [1.807, 2.05) is 0 Å². The van der Waals surface area contributed by atoms with Crippen molar-refractivity contribution in [3.63, 3.8) is 0 Å². The van der Waals surface area contributed by atoms with Gasteiger partial charge in [0.25, 0.3) is 0 Å². The minimum absolute atomic E-state index is 0.101. The Morgan fingerprint density at radius 3 is 1.77 bits per heavy atom. The van der Waals surface area contributed by atoms with Crippen LogP contribution in [0.25, 0.3) is 0 Å². The summed E-state index contributed by atoms with van der Waals surface area (Å²) >= 11 is 3.79. The molecule has 0 aliphatic heterocycles. The molecule has 0 saturated carbocycles. The van der Waals surface area contributed by atoms with Crippen molar-refractivity contribution in [1.29, 1.82) is 0 Å². The van der Waals surface area contributed by atoms with Crippen molar-refractivity contribution in [3.8, 4) is 11.5 Å². The van der Waals surface area contributed by atoms with Gasteiger partial charge in [-0.25, -0.2) is 9.13 Å². The Hall–Kier alpha value is -0.880.